The molecule has 0 bridgehead atoms. The molecule has 1 aliphatic rings. The zero-order chi connectivity index (χ0) is 30.1. The Bertz CT molecular complexity index is 1430. The standard InChI is InChI=1S/C32H38BrN3O5S/c1-41-29-19-17-28(18-20-29)36(42(2,39)40)23-31(37)35(22-25-13-15-26(33)16-14-25)30(21-24-9-5-3-6-10-24)32(38)34-27-11-7-4-8-12-27/h3,5-6,9-10,13-20,27,30H,4,7-8,11-12,21-23H2,1-2H3,(H,34,38). The summed E-state index contributed by atoms with van der Waals surface area (Å²) in [6.45, 7) is -0.314. The molecule has 0 aromatic heterocycles. The summed E-state index contributed by atoms with van der Waals surface area (Å²) in [6.07, 6.45) is 6.44. The molecule has 10 heteroatoms. The smallest absolute Gasteiger partial charge is 0.244 e. The Morgan fingerprint density at radius 2 is 1.57 bits per heavy atom. The van der Waals surface area contributed by atoms with Crippen molar-refractivity contribution >= 4 is 43.5 Å². The van der Waals surface area contributed by atoms with Crippen LogP contribution in [-0.2, 0) is 32.6 Å². The number of carbonyl (C=O) groups is 2. The third-order valence-electron chi connectivity index (χ3n) is 7.53. The fraction of sp³-hybridized carbons (Fsp3) is 0.375. The van der Waals surface area contributed by atoms with Gasteiger partial charge in [0.05, 0.1) is 19.1 Å². The van der Waals surface area contributed by atoms with Crippen LogP contribution in [0.1, 0.15) is 43.2 Å². The molecule has 0 spiro atoms. The van der Waals surface area contributed by atoms with Crippen molar-refractivity contribution in [3.63, 3.8) is 0 Å². The summed E-state index contributed by atoms with van der Waals surface area (Å²) < 4.78 is 33.1. The van der Waals surface area contributed by atoms with E-state index in [0.717, 1.165) is 58.3 Å². The molecule has 1 N–H and O–H groups in total. The van der Waals surface area contributed by atoms with Crippen molar-refractivity contribution in [2.75, 3.05) is 24.2 Å². The summed E-state index contributed by atoms with van der Waals surface area (Å²) >= 11 is 3.46. The lowest BCUT2D eigenvalue weighted by atomic mass is 9.94. The number of anilines is 1. The van der Waals surface area contributed by atoms with Gasteiger partial charge in [0.15, 0.2) is 0 Å². The van der Waals surface area contributed by atoms with Gasteiger partial charge in [-0.1, -0.05) is 77.7 Å². The summed E-state index contributed by atoms with van der Waals surface area (Å²) in [7, 11) is -2.31. The van der Waals surface area contributed by atoms with Crippen molar-refractivity contribution < 1.29 is 22.7 Å². The van der Waals surface area contributed by atoms with Gasteiger partial charge in [-0.25, -0.2) is 8.42 Å². The van der Waals surface area contributed by atoms with Crippen LogP contribution in [-0.4, -0.2) is 57.1 Å². The molecule has 3 aromatic rings. The molecule has 8 nitrogen and oxygen atoms in total. The minimum atomic E-state index is -3.83. The number of halogens is 1. The van der Waals surface area contributed by atoms with Crippen LogP contribution in [0.2, 0.25) is 0 Å². The van der Waals surface area contributed by atoms with E-state index in [1.807, 2.05) is 54.6 Å². The number of hydrogen-bond acceptors (Lipinski definition) is 5. The summed E-state index contributed by atoms with van der Waals surface area (Å²) in [5, 5.41) is 3.21. The Labute approximate surface area is 257 Å². The molecule has 0 aliphatic heterocycles. The van der Waals surface area contributed by atoms with Crippen LogP contribution < -0.4 is 14.4 Å². The van der Waals surface area contributed by atoms with E-state index in [4.69, 9.17) is 4.74 Å². The molecule has 2 amide bonds. The number of ether oxygens (including phenoxy) is 1. The highest BCUT2D eigenvalue weighted by Gasteiger charge is 2.34. The summed E-state index contributed by atoms with van der Waals surface area (Å²) in [6, 6.07) is 22.8. The maximum absolute atomic E-state index is 14.2. The number of nitrogens with zero attached hydrogens (tertiary/aromatic N) is 2. The van der Waals surface area contributed by atoms with E-state index in [9.17, 15) is 18.0 Å². The van der Waals surface area contributed by atoms with Gasteiger partial charge in [0.1, 0.15) is 18.3 Å². The molecule has 1 atom stereocenters. The first-order valence-corrected chi connectivity index (χ1v) is 16.8. The topological polar surface area (TPSA) is 96.0 Å². The Hall–Kier alpha value is -3.37. The van der Waals surface area contributed by atoms with Gasteiger partial charge in [-0.3, -0.25) is 13.9 Å². The molecule has 1 unspecified atom stereocenters. The molecule has 0 saturated heterocycles. The molecule has 1 fully saturated rings. The van der Waals surface area contributed by atoms with E-state index in [1.54, 1.807) is 24.3 Å². The zero-order valence-corrected chi connectivity index (χ0v) is 26.4. The van der Waals surface area contributed by atoms with Gasteiger partial charge < -0.3 is 15.0 Å². The molecule has 3 aromatic carbocycles. The second kappa shape index (κ2) is 14.7. The van der Waals surface area contributed by atoms with Crippen molar-refractivity contribution in [1.82, 2.24) is 10.2 Å². The first kappa shape index (κ1) is 31.6. The van der Waals surface area contributed by atoms with Gasteiger partial charge in [-0.05, 0) is 60.4 Å². The molecule has 1 saturated carbocycles. The van der Waals surface area contributed by atoms with Gasteiger partial charge in [0.2, 0.25) is 21.8 Å². The number of carbonyl (C=O) groups excluding carboxylic acids is 2. The van der Waals surface area contributed by atoms with E-state index in [2.05, 4.69) is 21.2 Å². The summed E-state index contributed by atoms with van der Waals surface area (Å²) in [4.78, 5) is 29.7. The van der Waals surface area contributed by atoms with Crippen LogP contribution in [0.4, 0.5) is 5.69 Å². The van der Waals surface area contributed by atoms with Crippen molar-refractivity contribution in [2.24, 2.45) is 0 Å². The zero-order valence-electron chi connectivity index (χ0n) is 24.0. The fourth-order valence-corrected chi connectivity index (χ4v) is 6.36. The van der Waals surface area contributed by atoms with Crippen molar-refractivity contribution in [1.29, 1.82) is 0 Å². The summed E-state index contributed by atoms with van der Waals surface area (Å²) in [5.74, 6) is -0.136. The van der Waals surface area contributed by atoms with Crippen molar-refractivity contribution in [3.8, 4) is 5.75 Å². The minimum absolute atomic E-state index is 0.0565. The van der Waals surface area contributed by atoms with Gasteiger partial charge in [0.25, 0.3) is 0 Å². The molecular weight excluding hydrogens is 618 g/mol. The molecule has 224 valence electrons. The SMILES string of the molecule is COc1ccc(N(CC(=O)N(Cc2ccc(Br)cc2)C(Cc2ccccc2)C(=O)NC2CCCCC2)S(C)(=O)=O)cc1. The van der Waals surface area contributed by atoms with Gasteiger partial charge in [0, 0.05) is 23.5 Å². The third-order valence-corrected chi connectivity index (χ3v) is 9.20. The van der Waals surface area contributed by atoms with Crippen molar-refractivity contribution in [3.05, 3.63) is 94.5 Å². The van der Waals surface area contributed by atoms with E-state index < -0.39 is 28.5 Å². The Morgan fingerprint density at radius 3 is 2.17 bits per heavy atom. The number of benzene rings is 3. The van der Waals surface area contributed by atoms with Crippen LogP contribution in [0.5, 0.6) is 5.75 Å². The van der Waals surface area contributed by atoms with Crippen LogP contribution in [0.3, 0.4) is 0 Å². The first-order valence-electron chi connectivity index (χ1n) is 14.1. The van der Waals surface area contributed by atoms with Crippen LogP contribution in [0.25, 0.3) is 0 Å². The number of sulfonamides is 1. The lowest BCUT2D eigenvalue weighted by Gasteiger charge is -2.35. The van der Waals surface area contributed by atoms with Gasteiger partial charge in [-0.2, -0.15) is 0 Å². The molecule has 0 heterocycles. The minimum Gasteiger partial charge on any atom is -0.497 e. The lowest BCUT2D eigenvalue weighted by molar-refractivity contribution is -0.140. The largest absolute Gasteiger partial charge is 0.497 e. The first-order chi connectivity index (χ1) is 20.1. The number of nitrogens with one attached hydrogen (secondary N) is 1. The Balaban J connectivity index is 1.70. The number of methoxy groups -OCH3 is 1. The highest BCUT2D eigenvalue weighted by Crippen LogP contribution is 2.24. The van der Waals surface area contributed by atoms with E-state index in [0.29, 0.717) is 17.9 Å². The molecule has 4 rings (SSSR count). The average Bonchev–Trinajstić information content (AvgIpc) is 2.99. The second-order valence-corrected chi connectivity index (χ2v) is 13.5. The molecule has 42 heavy (non-hydrogen) atoms. The monoisotopic (exact) mass is 655 g/mol. The van der Waals surface area contributed by atoms with Gasteiger partial charge in [-0.15, -0.1) is 0 Å². The van der Waals surface area contributed by atoms with Crippen LogP contribution in [0.15, 0.2) is 83.3 Å². The van der Waals surface area contributed by atoms with E-state index in [-0.39, 0.29) is 18.5 Å². The van der Waals surface area contributed by atoms with Gasteiger partial charge >= 0.3 is 0 Å². The quantitative estimate of drug-likeness (QED) is 0.285. The highest BCUT2D eigenvalue weighted by molar-refractivity contribution is 9.10. The normalized spacial score (nSPS) is 14.5. The van der Waals surface area contributed by atoms with E-state index >= 15 is 0 Å². The van der Waals surface area contributed by atoms with Crippen molar-refractivity contribution in [2.45, 2.75) is 57.2 Å². The molecular formula is C32H38BrN3O5S. The lowest BCUT2D eigenvalue weighted by Crippen LogP contribution is -2.55. The van der Waals surface area contributed by atoms with E-state index in [1.165, 1.54) is 12.0 Å². The van der Waals surface area contributed by atoms with Crippen LogP contribution in [0, 0.1) is 0 Å². The predicted molar refractivity (Wildman–Crippen MR) is 169 cm³/mol. The Morgan fingerprint density at radius 1 is 0.929 bits per heavy atom. The molecule has 1 aliphatic carbocycles. The maximum atomic E-state index is 14.2. The van der Waals surface area contributed by atoms with Crippen LogP contribution >= 0.6 is 15.9 Å². The Kier molecular flexibility index (Phi) is 11.0. The number of hydrogen-bond donors (Lipinski definition) is 1. The maximum Gasteiger partial charge on any atom is 0.244 e. The second-order valence-electron chi connectivity index (χ2n) is 10.7. The average molecular weight is 657 g/mol. The number of rotatable bonds is 12. The molecule has 0 radical (unpaired) electrons. The predicted octanol–water partition coefficient (Wildman–Crippen LogP) is 5.31. The third kappa shape index (κ3) is 8.82. The number of amides is 2. The summed E-state index contributed by atoms with van der Waals surface area (Å²) in [5.41, 5.74) is 2.07. The fourth-order valence-electron chi connectivity index (χ4n) is 5.25. The highest BCUT2D eigenvalue weighted by atomic mass is 79.9.